The number of nitrogens with one attached hydrogen (secondary N) is 1. The van der Waals surface area contributed by atoms with Gasteiger partial charge in [0.2, 0.25) is 5.91 Å². The van der Waals surface area contributed by atoms with E-state index < -0.39 is 0 Å². The van der Waals surface area contributed by atoms with Gasteiger partial charge in [-0.15, -0.1) is 0 Å². The van der Waals surface area contributed by atoms with Crippen molar-refractivity contribution in [2.75, 3.05) is 44.2 Å². The predicted molar refractivity (Wildman–Crippen MR) is 123 cm³/mol. The Kier molecular flexibility index (Phi) is 6.63. The van der Waals surface area contributed by atoms with Crippen LogP contribution in [0.15, 0.2) is 12.3 Å². The fourth-order valence-electron chi connectivity index (χ4n) is 5.71. The lowest BCUT2D eigenvalue weighted by Crippen LogP contribution is -2.47. The van der Waals surface area contributed by atoms with Crippen molar-refractivity contribution < 1.29 is 9.53 Å². The molecule has 0 unspecified atom stereocenters. The van der Waals surface area contributed by atoms with Gasteiger partial charge in [0.1, 0.15) is 0 Å². The maximum absolute atomic E-state index is 12.2. The van der Waals surface area contributed by atoms with Crippen LogP contribution in [0.4, 0.5) is 5.82 Å². The van der Waals surface area contributed by atoms with E-state index in [1.54, 1.807) is 0 Å². The Morgan fingerprint density at radius 1 is 1.06 bits per heavy atom. The number of fused-ring (bicyclic) bond motifs is 1. The molecule has 170 valence electrons. The van der Waals surface area contributed by atoms with Crippen LogP contribution in [-0.2, 0) is 11.2 Å². The molecule has 3 heterocycles. The molecule has 1 N–H and O–H groups in total. The summed E-state index contributed by atoms with van der Waals surface area (Å²) in [4.78, 5) is 21.8. The lowest BCUT2D eigenvalue weighted by molar-refractivity contribution is -0.123. The van der Waals surface area contributed by atoms with Crippen molar-refractivity contribution >= 4 is 11.7 Å². The van der Waals surface area contributed by atoms with Crippen LogP contribution in [0.3, 0.4) is 0 Å². The van der Waals surface area contributed by atoms with Gasteiger partial charge in [-0.3, -0.25) is 9.69 Å². The first-order valence-electron chi connectivity index (χ1n) is 12.6. The zero-order chi connectivity index (χ0) is 21.0. The van der Waals surface area contributed by atoms with Gasteiger partial charge in [0.05, 0.1) is 6.61 Å². The lowest BCUT2D eigenvalue weighted by Gasteiger charge is -2.37. The number of amides is 1. The molecule has 6 heteroatoms. The van der Waals surface area contributed by atoms with Crippen molar-refractivity contribution in [3.05, 3.63) is 17.8 Å². The second kappa shape index (κ2) is 9.76. The SMILES string of the molecule is O=C(CC1CCC1)N[C@H]1CC[C@H](CCN2CCN(c3nccc4c3OCC4)CC2)CC1. The molecular weight excluding hydrogens is 388 g/mol. The molecule has 0 spiro atoms. The van der Waals surface area contributed by atoms with Gasteiger partial charge in [0.25, 0.3) is 0 Å². The summed E-state index contributed by atoms with van der Waals surface area (Å²) < 4.78 is 5.85. The highest BCUT2D eigenvalue weighted by atomic mass is 16.5. The summed E-state index contributed by atoms with van der Waals surface area (Å²) in [5.74, 6) is 3.86. The fourth-order valence-corrected chi connectivity index (χ4v) is 5.71. The number of carbonyl (C=O) groups is 1. The van der Waals surface area contributed by atoms with Gasteiger partial charge in [-0.25, -0.2) is 4.98 Å². The Hall–Kier alpha value is -1.82. The first-order valence-corrected chi connectivity index (χ1v) is 12.6. The van der Waals surface area contributed by atoms with Gasteiger partial charge in [-0.2, -0.15) is 0 Å². The molecule has 2 aliphatic heterocycles. The Labute approximate surface area is 186 Å². The maximum atomic E-state index is 12.2. The summed E-state index contributed by atoms with van der Waals surface area (Å²) in [6, 6.07) is 2.52. The minimum Gasteiger partial charge on any atom is -0.489 e. The molecule has 1 aromatic heterocycles. The number of piperazine rings is 1. The second-order valence-corrected chi connectivity index (χ2v) is 10.1. The van der Waals surface area contributed by atoms with Crippen molar-refractivity contribution in [2.45, 2.75) is 70.3 Å². The second-order valence-electron chi connectivity index (χ2n) is 10.1. The van der Waals surface area contributed by atoms with E-state index in [0.29, 0.717) is 17.9 Å². The highest BCUT2D eigenvalue weighted by Gasteiger charge is 2.27. The standard InChI is InChI=1S/C25H38N4O2/c30-23(18-20-2-1-3-20)27-22-6-4-19(5-7-22)9-12-28-13-15-29(16-14-28)25-24-21(8-11-26-25)10-17-31-24/h8,11,19-20,22H,1-7,9-10,12-18H2,(H,27,30)/t19-,22-. The summed E-state index contributed by atoms with van der Waals surface area (Å²) in [6.07, 6.45) is 13.7. The number of hydrogen-bond donors (Lipinski definition) is 1. The van der Waals surface area contributed by atoms with Crippen molar-refractivity contribution in [3.63, 3.8) is 0 Å². The topological polar surface area (TPSA) is 57.7 Å². The van der Waals surface area contributed by atoms with Crippen LogP contribution < -0.4 is 15.0 Å². The van der Waals surface area contributed by atoms with Gasteiger partial charge >= 0.3 is 0 Å². The summed E-state index contributed by atoms with van der Waals surface area (Å²) in [7, 11) is 0. The van der Waals surface area contributed by atoms with E-state index in [1.807, 2.05) is 6.20 Å². The largest absolute Gasteiger partial charge is 0.489 e. The zero-order valence-electron chi connectivity index (χ0n) is 18.9. The molecule has 1 aromatic rings. The molecule has 5 rings (SSSR count). The first kappa shape index (κ1) is 21.0. The highest BCUT2D eigenvalue weighted by molar-refractivity contribution is 5.76. The van der Waals surface area contributed by atoms with E-state index in [2.05, 4.69) is 26.2 Å². The third-order valence-electron chi connectivity index (χ3n) is 8.02. The minimum absolute atomic E-state index is 0.301. The Bertz CT molecular complexity index is 750. The number of ether oxygens (including phenoxy) is 1. The van der Waals surface area contributed by atoms with E-state index in [9.17, 15) is 4.79 Å². The first-order chi connectivity index (χ1) is 15.2. The quantitative estimate of drug-likeness (QED) is 0.724. The van der Waals surface area contributed by atoms with Gasteiger partial charge in [-0.05, 0) is 69.4 Å². The van der Waals surface area contributed by atoms with Crippen molar-refractivity contribution in [1.29, 1.82) is 0 Å². The molecule has 6 nitrogen and oxygen atoms in total. The number of nitrogens with zero attached hydrogens (tertiary/aromatic N) is 3. The van der Waals surface area contributed by atoms with E-state index in [1.165, 1.54) is 63.5 Å². The minimum atomic E-state index is 0.301. The number of rotatable bonds is 7. The Morgan fingerprint density at radius 3 is 2.61 bits per heavy atom. The van der Waals surface area contributed by atoms with Gasteiger partial charge in [-0.1, -0.05) is 6.42 Å². The van der Waals surface area contributed by atoms with Crippen LogP contribution in [0, 0.1) is 11.8 Å². The molecule has 0 radical (unpaired) electrons. The van der Waals surface area contributed by atoms with Crippen molar-refractivity contribution in [3.8, 4) is 5.75 Å². The molecule has 0 atom stereocenters. The fraction of sp³-hybridized carbons (Fsp3) is 0.760. The molecule has 3 fully saturated rings. The molecule has 0 bridgehead atoms. The number of carbonyl (C=O) groups excluding carboxylic acids is 1. The van der Waals surface area contributed by atoms with Gasteiger partial charge in [0, 0.05) is 56.8 Å². The van der Waals surface area contributed by atoms with E-state index in [-0.39, 0.29) is 0 Å². The van der Waals surface area contributed by atoms with E-state index in [4.69, 9.17) is 4.74 Å². The van der Waals surface area contributed by atoms with Crippen molar-refractivity contribution in [1.82, 2.24) is 15.2 Å². The Balaban J connectivity index is 0.995. The molecule has 4 aliphatic rings. The summed E-state index contributed by atoms with van der Waals surface area (Å²) >= 11 is 0. The van der Waals surface area contributed by atoms with Crippen molar-refractivity contribution in [2.24, 2.45) is 11.8 Å². The zero-order valence-corrected chi connectivity index (χ0v) is 18.9. The van der Waals surface area contributed by atoms with Crippen LogP contribution in [-0.4, -0.2) is 61.2 Å². The number of aromatic nitrogens is 1. The van der Waals surface area contributed by atoms with Crippen LogP contribution in [0.25, 0.3) is 0 Å². The molecular formula is C25H38N4O2. The Morgan fingerprint density at radius 2 is 1.87 bits per heavy atom. The summed E-state index contributed by atoms with van der Waals surface area (Å²) in [6.45, 7) is 6.28. The monoisotopic (exact) mass is 426 g/mol. The smallest absolute Gasteiger partial charge is 0.220 e. The molecule has 1 saturated heterocycles. The van der Waals surface area contributed by atoms with Gasteiger partial charge in [0.15, 0.2) is 11.6 Å². The average molecular weight is 427 g/mol. The number of anilines is 1. The predicted octanol–water partition coefficient (Wildman–Crippen LogP) is 3.39. The average Bonchev–Trinajstić information content (AvgIpc) is 3.25. The van der Waals surface area contributed by atoms with E-state index in [0.717, 1.165) is 63.1 Å². The molecule has 2 aliphatic carbocycles. The molecule has 2 saturated carbocycles. The van der Waals surface area contributed by atoms with Crippen LogP contribution in [0.5, 0.6) is 5.75 Å². The lowest BCUT2D eigenvalue weighted by atomic mass is 9.82. The normalized spacial score (nSPS) is 26.8. The maximum Gasteiger partial charge on any atom is 0.220 e. The third kappa shape index (κ3) is 5.16. The number of hydrogen-bond acceptors (Lipinski definition) is 5. The van der Waals surface area contributed by atoms with Gasteiger partial charge < -0.3 is 15.0 Å². The summed E-state index contributed by atoms with van der Waals surface area (Å²) in [5, 5.41) is 3.31. The summed E-state index contributed by atoms with van der Waals surface area (Å²) in [5.41, 5.74) is 1.31. The van der Waals surface area contributed by atoms with Crippen LogP contribution in [0.1, 0.15) is 63.4 Å². The third-order valence-corrected chi connectivity index (χ3v) is 8.02. The molecule has 31 heavy (non-hydrogen) atoms. The van der Waals surface area contributed by atoms with Crippen LogP contribution >= 0.6 is 0 Å². The van der Waals surface area contributed by atoms with Crippen LogP contribution in [0.2, 0.25) is 0 Å². The van der Waals surface area contributed by atoms with E-state index >= 15 is 0 Å². The molecule has 0 aromatic carbocycles. The number of pyridine rings is 1. The molecule has 1 amide bonds. The highest BCUT2D eigenvalue weighted by Crippen LogP contribution is 2.35.